The van der Waals surface area contributed by atoms with Crippen LogP contribution in [0.3, 0.4) is 0 Å². The molecule has 0 radical (unpaired) electrons. The maximum Gasteiger partial charge on any atom is 0.302 e. The van der Waals surface area contributed by atoms with Crippen LogP contribution in [-0.2, 0) is 14.3 Å². The monoisotopic (exact) mass is 354 g/mol. The molecule has 0 aliphatic carbocycles. The molecule has 0 N–H and O–H groups in total. The second-order valence-corrected chi connectivity index (χ2v) is 5.08. The Bertz CT molecular complexity index is 732. The first-order chi connectivity index (χ1) is 11.9. The Balaban J connectivity index is 2.33. The summed E-state index contributed by atoms with van der Waals surface area (Å²) in [5.74, 6) is -2.96. The van der Waals surface area contributed by atoms with Gasteiger partial charge in [-0.3, -0.25) is 4.79 Å². The number of ether oxygens (including phenoxy) is 3. The number of benzene rings is 2. The maximum atomic E-state index is 14.7. The summed E-state index contributed by atoms with van der Waals surface area (Å²) >= 11 is 0. The summed E-state index contributed by atoms with van der Waals surface area (Å²) in [7, 11) is 0. The van der Waals surface area contributed by atoms with Crippen molar-refractivity contribution in [3.05, 3.63) is 59.4 Å². The highest BCUT2D eigenvalue weighted by Crippen LogP contribution is 2.33. The molecule has 25 heavy (non-hydrogen) atoms. The van der Waals surface area contributed by atoms with Crippen molar-refractivity contribution >= 4 is 5.97 Å². The molecule has 0 amide bonds. The van der Waals surface area contributed by atoms with E-state index in [1.165, 1.54) is 19.1 Å². The van der Waals surface area contributed by atoms with E-state index in [2.05, 4.69) is 0 Å². The fourth-order valence-corrected chi connectivity index (χ4v) is 2.16. The van der Waals surface area contributed by atoms with Crippen molar-refractivity contribution in [2.45, 2.75) is 20.0 Å². The molecule has 0 fully saturated rings. The summed E-state index contributed by atoms with van der Waals surface area (Å²) in [6, 6.07) is 7.08. The number of carbonyl (C=O) groups is 1. The van der Waals surface area contributed by atoms with Gasteiger partial charge in [-0.15, -0.1) is 0 Å². The summed E-state index contributed by atoms with van der Waals surface area (Å²) in [5, 5.41) is 0. The molecule has 2 rings (SSSR count). The van der Waals surface area contributed by atoms with E-state index in [1.54, 1.807) is 6.92 Å². The van der Waals surface area contributed by atoms with Gasteiger partial charge in [0.05, 0.1) is 5.56 Å². The third-order valence-corrected chi connectivity index (χ3v) is 3.26. The van der Waals surface area contributed by atoms with Crippen molar-refractivity contribution in [3.63, 3.8) is 0 Å². The summed E-state index contributed by atoms with van der Waals surface area (Å²) in [6.07, 6.45) is -1.12. The number of hydrogen-bond donors (Lipinski definition) is 0. The predicted molar refractivity (Wildman–Crippen MR) is 83.8 cm³/mol. The fraction of sp³-hybridized carbons (Fsp3) is 0.278. The van der Waals surface area contributed by atoms with Gasteiger partial charge in [0.2, 0.25) is 0 Å². The van der Waals surface area contributed by atoms with E-state index in [1.807, 2.05) is 0 Å². The number of hydrogen-bond acceptors (Lipinski definition) is 4. The molecular formula is C18H17F3O4. The van der Waals surface area contributed by atoms with Crippen molar-refractivity contribution in [2.24, 2.45) is 0 Å². The van der Waals surface area contributed by atoms with E-state index in [9.17, 15) is 18.0 Å². The molecule has 134 valence electrons. The third-order valence-electron chi connectivity index (χ3n) is 3.26. The van der Waals surface area contributed by atoms with Crippen LogP contribution in [0.25, 0.3) is 0 Å². The zero-order valence-electron chi connectivity index (χ0n) is 13.7. The minimum Gasteiger partial charge on any atom is -0.463 e. The van der Waals surface area contributed by atoms with E-state index in [-0.39, 0.29) is 24.7 Å². The van der Waals surface area contributed by atoms with Gasteiger partial charge >= 0.3 is 5.97 Å². The molecule has 7 heteroatoms. The second-order valence-electron chi connectivity index (χ2n) is 5.08. The van der Waals surface area contributed by atoms with Crippen LogP contribution in [0, 0.1) is 17.5 Å². The molecule has 1 atom stereocenters. The molecule has 4 nitrogen and oxygen atoms in total. The quantitative estimate of drug-likeness (QED) is 0.685. The number of rotatable bonds is 7. The van der Waals surface area contributed by atoms with E-state index >= 15 is 0 Å². The molecule has 2 aromatic carbocycles. The third kappa shape index (κ3) is 4.96. The lowest BCUT2D eigenvalue weighted by Gasteiger charge is -2.19. The summed E-state index contributed by atoms with van der Waals surface area (Å²) in [4.78, 5) is 11.0. The van der Waals surface area contributed by atoms with Crippen LogP contribution in [0.1, 0.15) is 25.5 Å². The molecule has 0 saturated heterocycles. The van der Waals surface area contributed by atoms with Gasteiger partial charge in [0.25, 0.3) is 0 Å². The van der Waals surface area contributed by atoms with Crippen LogP contribution in [-0.4, -0.2) is 19.2 Å². The highest BCUT2D eigenvalue weighted by molar-refractivity contribution is 5.65. The first kappa shape index (κ1) is 18.8. The van der Waals surface area contributed by atoms with Crippen molar-refractivity contribution in [2.75, 3.05) is 13.2 Å². The van der Waals surface area contributed by atoms with E-state index in [0.29, 0.717) is 0 Å². The van der Waals surface area contributed by atoms with Crippen LogP contribution >= 0.6 is 0 Å². The van der Waals surface area contributed by atoms with Crippen LogP contribution in [0.5, 0.6) is 11.5 Å². The lowest BCUT2D eigenvalue weighted by Crippen LogP contribution is -2.17. The van der Waals surface area contributed by atoms with Crippen molar-refractivity contribution < 1.29 is 32.2 Å². The predicted octanol–water partition coefficient (Wildman–Crippen LogP) is 4.54. The molecular weight excluding hydrogens is 337 g/mol. The fourth-order valence-electron chi connectivity index (χ4n) is 2.16. The molecule has 0 bridgehead atoms. The standard InChI is InChI=1S/C18H17F3O4/c1-3-23-16(10-24-11(2)22)17-14(20)8-9-15(18(17)21)25-13-6-4-12(19)5-7-13/h4-9,16H,3,10H2,1-2H3. The molecule has 0 heterocycles. The molecule has 0 aliphatic rings. The molecule has 0 aliphatic heterocycles. The summed E-state index contributed by atoms with van der Waals surface area (Å²) in [6.45, 7) is 2.66. The minimum atomic E-state index is -1.12. The zero-order valence-corrected chi connectivity index (χ0v) is 13.7. The Labute approximate surface area is 143 Å². The largest absolute Gasteiger partial charge is 0.463 e. The smallest absolute Gasteiger partial charge is 0.302 e. The van der Waals surface area contributed by atoms with E-state index in [4.69, 9.17) is 14.2 Å². The van der Waals surface area contributed by atoms with Crippen LogP contribution in [0.2, 0.25) is 0 Å². The highest BCUT2D eigenvalue weighted by atomic mass is 19.1. The average molecular weight is 354 g/mol. The van der Waals surface area contributed by atoms with Crippen LogP contribution in [0.15, 0.2) is 36.4 Å². The Kier molecular flexibility index (Phi) is 6.41. The van der Waals surface area contributed by atoms with Crippen LogP contribution in [0.4, 0.5) is 13.2 Å². The van der Waals surface area contributed by atoms with Gasteiger partial charge in [-0.1, -0.05) is 0 Å². The molecule has 1 unspecified atom stereocenters. The summed E-state index contributed by atoms with van der Waals surface area (Å²) in [5.41, 5.74) is -0.400. The minimum absolute atomic E-state index is 0.161. The highest BCUT2D eigenvalue weighted by Gasteiger charge is 2.25. The Morgan fingerprint density at radius 3 is 2.36 bits per heavy atom. The Hall–Kier alpha value is -2.54. The molecule has 2 aromatic rings. The van der Waals surface area contributed by atoms with Gasteiger partial charge in [-0.25, -0.2) is 13.2 Å². The average Bonchev–Trinajstić information content (AvgIpc) is 2.57. The van der Waals surface area contributed by atoms with Gasteiger partial charge in [0.15, 0.2) is 11.6 Å². The van der Waals surface area contributed by atoms with Crippen molar-refractivity contribution in [1.82, 2.24) is 0 Å². The Morgan fingerprint density at radius 1 is 1.08 bits per heavy atom. The second kappa shape index (κ2) is 8.53. The van der Waals surface area contributed by atoms with Gasteiger partial charge in [0, 0.05) is 13.5 Å². The SMILES string of the molecule is CCOC(COC(C)=O)c1c(F)ccc(Oc2ccc(F)cc2)c1F. The molecule has 0 aromatic heterocycles. The van der Waals surface area contributed by atoms with Gasteiger partial charge in [-0.05, 0) is 43.3 Å². The lowest BCUT2D eigenvalue weighted by molar-refractivity contribution is -0.145. The zero-order chi connectivity index (χ0) is 18.4. The van der Waals surface area contributed by atoms with Gasteiger partial charge in [0.1, 0.15) is 30.1 Å². The topological polar surface area (TPSA) is 44.8 Å². The van der Waals surface area contributed by atoms with Crippen molar-refractivity contribution in [1.29, 1.82) is 0 Å². The first-order valence-corrected chi connectivity index (χ1v) is 7.58. The first-order valence-electron chi connectivity index (χ1n) is 7.58. The number of esters is 1. The molecule has 0 saturated carbocycles. The van der Waals surface area contributed by atoms with Crippen LogP contribution < -0.4 is 4.74 Å². The summed E-state index contributed by atoms with van der Waals surface area (Å²) < 4.78 is 57.3. The normalized spacial score (nSPS) is 11.9. The number of halogens is 3. The molecule has 0 spiro atoms. The Morgan fingerprint density at radius 2 is 1.76 bits per heavy atom. The van der Waals surface area contributed by atoms with Crippen molar-refractivity contribution in [3.8, 4) is 11.5 Å². The number of carbonyl (C=O) groups excluding carboxylic acids is 1. The van der Waals surface area contributed by atoms with E-state index in [0.717, 1.165) is 24.3 Å². The van der Waals surface area contributed by atoms with Gasteiger partial charge < -0.3 is 14.2 Å². The van der Waals surface area contributed by atoms with E-state index < -0.39 is 35.1 Å². The lowest BCUT2D eigenvalue weighted by atomic mass is 10.1. The van der Waals surface area contributed by atoms with Gasteiger partial charge in [-0.2, -0.15) is 0 Å². The maximum absolute atomic E-state index is 14.7.